The minimum absolute atomic E-state index is 0. The first-order chi connectivity index (χ1) is 26.7. The number of nitrogen functional groups attached to an aromatic ring is 1. The Morgan fingerprint density at radius 1 is 0.639 bits per heavy atom. The quantitative estimate of drug-likeness (QED) is 0.0398. The van der Waals surface area contributed by atoms with Crippen LogP contribution in [0.5, 0.6) is 17.2 Å². The third-order valence-corrected chi connectivity index (χ3v) is 6.56. The zero-order valence-corrected chi connectivity index (χ0v) is 38.2. The van der Waals surface area contributed by atoms with Crippen molar-refractivity contribution in [1.29, 1.82) is 0 Å². The fraction of sp³-hybridized carbons (Fsp3) is 0.405. The summed E-state index contributed by atoms with van der Waals surface area (Å²) in [6.07, 6.45) is -1.90. The Bertz CT molecular complexity index is 1960. The number of carbonyl (C=O) groups is 7. The molecule has 3 rings (SSSR count). The van der Waals surface area contributed by atoms with E-state index >= 15 is 0 Å². The van der Waals surface area contributed by atoms with E-state index in [0.717, 1.165) is 0 Å². The number of hydrogen-bond donors (Lipinski definition) is 4. The van der Waals surface area contributed by atoms with E-state index in [2.05, 4.69) is 10.6 Å². The van der Waals surface area contributed by atoms with Crippen LogP contribution < -0.4 is 55.4 Å². The van der Waals surface area contributed by atoms with Gasteiger partial charge in [0.05, 0.1) is 5.56 Å². The molecular weight excluding hydrogens is 809 g/mol. The summed E-state index contributed by atoms with van der Waals surface area (Å²) < 4.78 is 30.5. The van der Waals surface area contributed by atoms with Crippen molar-refractivity contribution in [1.82, 2.24) is 0 Å². The Hall–Kier alpha value is -5.69. The van der Waals surface area contributed by atoms with Gasteiger partial charge in [0, 0.05) is 55.9 Å². The number of carbonyl (C=O) groups excluding carboxylic acids is 7. The first kappa shape index (κ1) is 59.6. The average Bonchev–Trinajstić information content (AvgIpc) is 3.05. The summed E-state index contributed by atoms with van der Waals surface area (Å²) in [4.78, 5) is 78.1. The maximum Gasteiger partial charge on any atom is 1.00 e. The van der Waals surface area contributed by atoms with Crippen molar-refractivity contribution in [3.8, 4) is 17.2 Å². The van der Waals surface area contributed by atoms with Crippen LogP contribution in [0.2, 0.25) is 0 Å². The number of hydrogen-bond acceptors (Lipinski definition) is 16. The molecule has 0 saturated carbocycles. The first-order valence-corrected chi connectivity index (χ1v) is 17.7. The number of benzene rings is 3. The number of anilines is 3. The molecule has 0 bridgehead atoms. The van der Waals surface area contributed by atoms with E-state index < -0.39 is 59.5 Å². The van der Waals surface area contributed by atoms with Crippen molar-refractivity contribution in [3.63, 3.8) is 0 Å². The molecule has 6 N–H and O–H groups in total. The summed E-state index contributed by atoms with van der Waals surface area (Å²) >= 11 is 0. The Balaban J connectivity index is -0.000000824. The van der Waals surface area contributed by atoms with Gasteiger partial charge < -0.3 is 44.7 Å². The number of nitrogens with one attached hydrogen (secondary N) is 2. The monoisotopic (exact) mass is 867 g/mol. The van der Waals surface area contributed by atoms with E-state index in [1.807, 2.05) is 0 Å². The number of amides is 2. The van der Waals surface area contributed by atoms with Gasteiger partial charge in [-0.3, -0.25) is 34.6 Å². The summed E-state index contributed by atoms with van der Waals surface area (Å²) in [5.41, 5.74) is 6.88. The van der Waals surface area contributed by atoms with Gasteiger partial charge in [-0.1, -0.05) is 7.43 Å². The van der Waals surface area contributed by atoms with Crippen LogP contribution >= 0.6 is 0 Å². The minimum atomic E-state index is -0.655. The van der Waals surface area contributed by atoms with Gasteiger partial charge in [-0.05, 0) is 110 Å². The molecule has 0 aliphatic rings. The molecule has 0 saturated heterocycles. The van der Waals surface area contributed by atoms with Gasteiger partial charge in [0.25, 0.3) is 0 Å². The molecule has 0 fully saturated rings. The maximum absolute atomic E-state index is 11.8. The van der Waals surface area contributed by atoms with Gasteiger partial charge in [0.1, 0.15) is 40.7 Å². The van der Waals surface area contributed by atoms with Crippen LogP contribution in [0.15, 0.2) is 54.6 Å². The average molecular weight is 868 g/mol. The third kappa shape index (κ3) is 24.9. The Morgan fingerprint density at radius 3 is 1.39 bits per heavy atom. The van der Waals surface area contributed by atoms with E-state index in [1.165, 1.54) is 52.0 Å². The molecule has 2 unspecified atom stereocenters. The van der Waals surface area contributed by atoms with Crippen LogP contribution in [0.25, 0.3) is 0 Å². The SMILES string of the molecule is C.CC(=O)Oc1ccc(N)cc1C(C)OC(C)=O.CC(=O)Oc1ccc(NC(=O)OC(C)(C)C)cc1C(C)OC(C)=O.CC(C)(C)OC(=O)Nc1ccc(O)c(C=O)c1.[Na+].[OH-]. The number of nitrogens with two attached hydrogens (primary N) is 1. The molecule has 19 heteroatoms. The van der Waals surface area contributed by atoms with Crippen molar-refractivity contribution in [2.75, 3.05) is 16.4 Å². The van der Waals surface area contributed by atoms with Crippen LogP contribution in [0, 0.1) is 0 Å². The molecule has 0 aliphatic carbocycles. The molecule has 0 radical (unpaired) electrons. The van der Waals surface area contributed by atoms with E-state index in [0.29, 0.717) is 40.2 Å². The molecule has 61 heavy (non-hydrogen) atoms. The summed E-state index contributed by atoms with van der Waals surface area (Å²) in [5, 5.41) is 14.3. The second kappa shape index (κ2) is 27.2. The van der Waals surface area contributed by atoms with Crippen LogP contribution in [0.4, 0.5) is 26.7 Å². The number of ether oxygens (including phenoxy) is 6. The van der Waals surface area contributed by atoms with Crippen molar-refractivity contribution >= 4 is 59.4 Å². The predicted octanol–water partition coefficient (Wildman–Crippen LogP) is 5.42. The van der Waals surface area contributed by atoms with Crippen molar-refractivity contribution in [2.45, 2.75) is 114 Å². The van der Waals surface area contributed by atoms with E-state index in [4.69, 9.17) is 34.2 Å². The van der Waals surface area contributed by atoms with Crippen molar-refractivity contribution in [3.05, 3.63) is 71.3 Å². The molecule has 2 amide bonds. The normalized spacial score (nSPS) is 11.0. The second-order valence-corrected chi connectivity index (χ2v) is 14.4. The zero-order chi connectivity index (χ0) is 44.5. The molecule has 0 spiro atoms. The first-order valence-electron chi connectivity index (χ1n) is 17.7. The van der Waals surface area contributed by atoms with Crippen LogP contribution in [-0.2, 0) is 38.1 Å². The van der Waals surface area contributed by atoms with Gasteiger partial charge in [0.15, 0.2) is 6.29 Å². The van der Waals surface area contributed by atoms with Crippen LogP contribution in [0.1, 0.15) is 124 Å². The topological polar surface area (TPSA) is 275 Å². The minimum Gasteiger partial charge on any atom is -0.870 e. The van der Waals surface area contributed by atoms with Crippen molar-refractivity contribution in [2.24, 2.45) is 0 Å². The Labute approximate surface area is 378 Å². The molecule has 2 atom stereocenters. The van der Waals surface area contributed by atoms with Crippen LogP contribution in [0.3, 0.4) is 0 Å². The zero-order valence-electron chi connectivity index (χ0n) is 36.2. The maximum atomic E-state index is 11.8. The third-order valence-electron chi connectivity index (χ3n) is 6.56. The Morgan fingerprint density at radius 2 is 1.02 bits per heavy atom. The fourth-order valence-electron chi connectivity index (χ4n) is 4.52. The Kier molecular flexibility index (Phi) is 26.6. The second-order valence-electron chi connectivity index (χ2n) is 14.4. The fourth-order valence-corrected chi connectivity index (χ4v) is 4.52. The number of phenols is 1. The number of esters is 4. The standard InChI is InChI=1S/C17H23NO6.2C12H15NO4.CH4.Na.H2O/c1-10(22-11(2)19)14-9-13(7-8-15(14)23-12(3)20)18-16(21)24-17(4,5)6;1-12(2,3)17-11(16)13-9-4-5-10(15)8(6-9)7-14;1-7(16-8(2)14)11-6-10(13)4-5-12(11)17-9(3)15;;;/h7-10H,1-6H3,(H,18,21);4-7,15H,1-3H3,(H,13,16);4-7H,13H2,1-3H3;1H4;;1H2/q;;;;+1;/p-1. The molecule has 18 nitrogen and oxygen atoms in total. The molecule has 3 aromatic rings. The molecular formula is C42H58N3NaO15. The molecule has 0 heterocycles. The number of phenolic OH excluding ortho intramolecular Hbond substituents is 1. The van der Waals surface area contributed by atoms with Crippen LogP contribution in [-0.4, -0.2) is 64.1 Å². The van der Waals surface area contributed by atoms with Crippen molar-refractivity contribution < 1.29 is 102 Å². The largest absolute Gasteiger partial charge is 1.00 e. The predicted molar refractivity (Wildman–Crippen MR) is 222 cm³/mol. The molecule has 0 aliphatic heterocycles. The summed E-state index contributed by atoms with van der Waals surface area (Å²) in [7, 11) is 0. The summed E-state index contributed by atoms with van der Waals surface area (Å²) in [5.74, 6) is -1.35. The van der Waals surface area contributed by atoms with Gasteiger partial charge in [-0.2, -0.15) is 0 Å². The van der Waals surface area contributed by atoms with E-state index in [9.17, 15) is 38.7 Å². The molecule has 0 aromatic heterocycles. The van der Waals surface area contributed by atoms with Gasteiger partial charge >= 0.3 is 65.6 Å². The van der Waals surface area contributed by atoms with Gasteiger partial charge in [-0.25, -0.2) is 9.59 Å². The van der Waals surface area contributed by atoms with Gasteiger partial charge in [-0.15, -0.1) is 0 Å². The number of rotatable bonds is 9. The number of aldehydes is 1. The smallest absolute Gasteiger partial charge is 0.870 e. The van der Waals surface area contributed by atoms with Gasteiger partial charge in [0.2, 0.25) is 0 Å². The molecule has 332 valence electrons. The van der Waals surface area contributed by atoms with E-state index in [1.54, 1.807) is 85.7 Å². The number of aromatic hydroxyl groups is 1. The summed E-state index contributed by atoms with van der Waals surface area (Å²) in [6.45, 7) is 19.0. The molecule has 3 aromatic carbocycles. The van der Waals surface area contributed by atoms with E-state index in [-0.39, 0.29) is 59.5 Å². The summed E-state index contributed by atoms with van der Waals surface area (Å²) in [6, 6.07) is 13.6.